The lowest BCUT2D eigenvalue weighted by atomic mass is 10.0. The number of hydrogen-bond donors (Lipinski definition) is 0. The summed E-state index contributed by atoms with van der Waals surface area (Å²) in [6.07, 6.45) is 3.76. The molecule has 0 saturated carbocycles. The van der Waals surface area contributed by atoms with Gasteiger partial charge in [0.1, 0.15) is 22.6 Å². The minimum Gasteiger partial charge on any atom is -0.486 e. The van der Waals surface area contributed by atoms with Gasteiger partial charge in [-0.2, -0.15) is 0 Å². The van der Waals surface area contributed by atoms with Crippen molar-refractivity contribution in [1.29, 1.82) is 0 Å². The Labute approximate surface area is 226 Å². The average Bonchev–Trinajstić information content (AvgIpc) is 3.43. The molecule has 4 aromatic heterocycles. The highest BCUT2D eigenvalue weighted by atomic mass is 79.9. The predicted octanol–water partition coefficient (Wildman–Crippen LogP) is 5.94. The number of aromatic nitrogens is 4. The Morgan fingerprint density at radius 1 is 1.19 bits per heavy atom. The van der Waals surface area contributed by atoms with E-state index in [1.807, 2.05) is 38.1 Å². The van der Waals surface area contributed by atoms with E-state index in [4.69, 9.17) is 26.1 Å². The fourth-order valence-electron chi connectivity index (χ4n) is 4.26. The Bertz CT molecular complexity index is 1540. The molecule has 1 fully saturated rings. The van der Waals surface area contributed by atoms with Gasteiger partial charge in [-0.15, -0.1) is 0 Å². The van der Waals surface area contributed by atoms with Gasteiger partial charge in [0.2, 0.25) is 0 Å². The number of hydrogen-bond acceptors (Lipinski definition) is 6. The Kier molecular flexibility index (Phi) is 7.37. The van der Waals surface area contributed by atoms with E-state index in [-0.39, 0.29) is 27.6 Å². The zero-order chi connectivity index (χ0) is 26.1. The van der Waals surface area contributed by atoms with Crippen molar-refractivity contribution in [3.05, 3.63) is 97.1 Å². The van der Waals surface area contributed by atoms with E-state index >= 15 is 0 Å². The van der Waals surface area contributed by atoms with Crippen LogP contribution in [0.4, 0.5) is 4.39 Å². The van der Waals surface area contributed by atoms with E-state index in [2.05, 4.69) is 25.9 Å². The fraction of sp³-hybridized carbons (Fsp3) is 0.259. The van der Waals surface area contributed by atoms with E-state index in [9.17, 15) is 9.18 Å². The molecular formula is C27H23BrClFN4O3. The van der Waals surface area contributed by atoms with Crippen LogP contribution in [0.3, 0.4) is 0 Å². The molecule has 190 valence electrons. The lowest BCUT2D eigenvalue weighted by molar-refractivity contribution is 0.193. The summed E-state index contributed by atoms with van der Waals surface area (Å²) < 4.78 is 26.5. The number of ether oxygens (including phenoxy) is 2. The number of rotatable bonds is 6. The van der Waals surface area contributed by atoms with Crippen molar-refractivity contribution in [2.24, 2.45) is 0 Å². The molecule has 0 spiro atoms. The van der Waals surface area contributed by atoms with Crippen LogP contribution in [0.25, 0.3) is 17.1 Å². The molecule has 5 heterocycles. The summed E-state index contributed by atoms with van der Waals surface area (Å²) in [6, 6.07) is 10.7. The van der Waals surface area contributed by atoms with Gasteiger partial charge in [0.15, 0.2) is 0 Å². The molecule has 0 radical (unpaired) electrons. The summed E-state index contributed by atoms with van der Waals surface area (Å²) in [5.41, 5.74) is 4.64. The number of nitrogens with zero attached hydrogens (tertiary/aromatic N) is 4. The van der Waals surface area contributed by atoms with E-state index in [1.54, 1.807) is 16.8 Å². The molecule has 7 nitrogen and oxygen atoms in total. The second kappa shape index (κ2) is 10.7. The third-order valence-electron chi connectivity index (χ3n) is 6.24. The van der Waals surface area contributed by atoms with Crippen LogP contribution in [0, 0.1) is 19.7 Å². The normalized spacial score (nSPS) is 15.2. The van der Waals surface area contributed by atoms with Gasteiger partial charge in [-0.05, 0) is 66.0 Å². The van der Waals surface area contributed by atoms with Crippen LogP contribution in [0.5, 0.6) is 5.75 Å². The smallest absolute Gasteiger partial charge is 0.273 e. The van der Waals surface area contributed by atoms with Gasteiger partial charge < -0.3 is 9.47 Å². The highest BCUT2D eigenvalue weighted by molar-refractivity contribution is 9.10. The van der Waals surface area contributed by atoms with Crippen LogP contribution in [0.1, 0.15) is 35.0 Å². The topological polar surface area (TPSA) is 79.1 Å². The Morgan fingerprint density at radius 2 is 2.03 bits per heavy atom. The standard InChI is InChI=1S/C27H23BrClFN4O3/c1-15-11-31-22(21-5-3-4-20(33-21)17-6-7-36-13-17)10-24(15)34-16(2)8-25(26(28)27(34)35)37-14-23-19(29)9-18(30)12-32-23/h3-5,8-12,17H,6-7,13-14H2,1-2H3. The number of aryl methyl sites for hydroxylation is 2. The summed E-state index contributed by atoms with van der Waals surface area (Å²) in [5, 5.41) is 0.152. The third-order valence-corrected chi connectivity index (χ3v) is 7.30. The Balaban J connectivity index is 1.48. The third kappa shape index (κ3) is 5.30. The van der Waals surface area contributed by atoms with Gasteiger partial charge >= 0.3 is 0 Å². The van der Waals surface area contributed by atoms with Gasteiger partial charge in [0.25, 0.3) is 5.56 Å². The van der Waals surface area contributed by atoms with Gasteiger partial charge in [-0.1, -0.05) is 17.7 Å². The van der Waals surface area contributed by atoms with Crippen molar-refractivity contribution in [1.82, 2.24) is 19.5 Å². The average molecular weight is 586 g/mol. The van der Waals surface area contributed by atoms with E-state index in [0.717, 1.165) is 36.2 Å². The van der Waals surface area contributed by atoms with Crippen molar-refractivity contribution in [2.45, 2.75) is 32.8 Å². The maximum Gasteiger partial charge on any atom is 0.273 e. The second-order valence-electron chi connectivity index (χ2n) is 8.84. The van der Waals surface area contributed by atoms with Crippen LogP contribution in [-0.4, -0.2) is 32.7 Å². The van der Waals surface area contributed by atoms with Crippen molar-refractivity contribution in [3.8, 4) is 22.8 Å². The first-order valence-electron chi connectivity index (χ1n) is 11.7. The zero-order valence-electron chi connectivity index (χ0n) is 20.2. The minimum atomic E-state index is -0.532. The van der Waals surface area contributed by atoms with E-state index in [0.29, 0.717) is 35.1 Å². The number of halogens is 3. The molecule has 10 heteroatoms. The number of pyridine rings is 4. The van der Waals surface area contributed by atoms with Crippen LogP contribution in [0.2, 0.25) is 5.02 Å². The van der Waals surface area contributed by atoms with Crippen molar-refractivity contribution in [2.75, 3.05) is 13.2 Å². The van der Waals surface area contributed by atoms with E-state index < -0.39 is 5.82 Å². The Hall–Kier alpha value is -3.14. The van der Waals surface area contributed by atoms with Crippen molar-refractivity contribution in [3.63, 3.8) is 0 Å². The first kappa shape index (κ1) is 25.5. The van der Waals surface area contributed by atoms with Crippen molar-refractivity contribution < 1.29 is 13.9 Å². The van der Waals surface area contributed by atoms with Gasteiger partial charge in [0.05, 0.1) is 40.6 Å². The minimum absolute atomic E-state index is 0.0208. The summed E-state index contributed by atoms with van der Waals surface area (Å²) in [7, 11) is 0. The molecule has 0 N–H and O–H groups in total. The van der Waals surface area contributed by atoms with Gasteiger partial charge in [-0.25, -0.2) is 4.39 Å². The maximum atomic E-state index is 13.5. The first-order valence-corrected chi connectivity index (χ1v) is 12.9. The van der Waals surface area contributed by atoms with Crippen molar-refractivity contribution >= 4 is 27.5 Å². The summed E-state index contributed by atoms with van der Waals surface area (Å²) >= 11 is 9.45. The molecule has 5 rings (SSSR count). The zero-order valence-corrected chi connectivity index (χ0v) is 22.5. The molecule has 0 amide bonds. The highest BCUT2D eigenvalue weighted by Gasteiger charge is 2.20. The molecule has 37 heavy (non-hydrogen) atoms. The molecule has 0 aromatic carbocycles. The molecule has 0 aliphatic carbocycles. The summed E-state index contributed by atoms with van der Waals surface area (Å²) in [5.74, 6) is 0.0780. The Morgan fingerprint density at radius 3 is 2.78 bits per heavy atom. The maximum absolute atomic E-state index is 13.5. The molecule has 0 bridgehead atoms. The van der Waals surface area contributed by atoms with Crippen LogP contribution < -0.4 is 10.3 Å². The molecule has 1 aliphatic rings. The summed E-state index contributed by atoms with van der Waals surface area (Å²) in [4.78, 5) is 26.8. The van der Waals surface area contributed by atoms with Gasteiger partial charge in [0, 0.05) is 36.2 Å². The first-order chi connectivity index (χ1) is 17.8. The molecule has 4 aromatic rings. The molecular weight excluding hydrogens is 563 g/mol. The molecule has 1 aliphatic heterocycles. The van der Waals surface area contributed by atoms with Crippen LogP contribution >= 0.6 is 27.5 Å². The molecule has 1 saturated heterocycles. The monoisotopic (exact) mass is 584 g/mol. The second-order valence-corrected chi connectivity index (χ2v) is 10.0. The summed E-state index contributed by atoms with van der Waals surface area (Å²) in [6.45, 7) is 5.12. The molecule has 1 atom stereocenters. The lowest BCUT2D eigenvalue weighted by Crippen LogP contribution is -2.23. The lowest BCUT2D eigenvalue weighted by Gasteiger charge is -2.17. The predicted molar refractivity (Wildman–Crippen MR) is 142 cm³/mol. The fourth-order valence-corrected chi connectivity index (χ4v) is 4.88. The quantitative estimate of drug-likeness (QED) is 0.279. The highest BCUT2D eigenvalue weighted by Crippen LogP contribution is 2.29. The van der Waals surface area contributed by atoms with Crippen LogP contribution in [-0.2, 0) is 11.3 Å². The van der Waals surface area contributed by atoms with Gasteiger partial charge in [-0.3, -0.25) is 24.3 Å². The van der Waals surface area contributed by atoms with E-state index in [1.165, 1.54) is 6.07 Å². The van der Waals surface area contributed by atoms with Crippen LogP contribution in [0.15, 0.2) is 58.1 Å². The largest absolute Gasteiger partial charge is 0.486 e. The SMILES string of the molecule is Cc1cnc(-c2cccc(C3CCOC3)n2)cc1-n1c(C)cc(OCc2ncc(F)cc2Cl)c(Br)c1=O. The molecule has 1 unspecified atom stereocenters.